The Labute approximate surface area is 126 Å². The molecule has 0 aliphatic rings. The van der Waals surface area contributed by atoms with Gasteiger partial charge in [-0.05, 0) is 11.6 Å². The van der Waals surface area contributed by atoms with E-state index in [0.29, 0.717) is 12.1 Å². The fourth-order valence-corrected chi connectivity index (χ4v) is 2.46. The number of para-hydroxylation sites is 1. The van der Waals surface area contributed by atoms with Crippen molar-refractivity contribution < 1.29 is 10.2 Å². The summed E-state index contributed by atoms with van der Waals surface area (Å²) in [5, 5.41) is 36.5. The minimum Gasteiger partial charge on any atom is -0.394 e. The normalized spacial score (nSPS) is 12.4. The van der Waals surface area contributed by atoms with E-state index in [2.05, 4.69) is 15.3 Å². The maximum absolute atomic E-state index is 9.59. The summed E-state index contributed by atoms with van der Waals surface area (Å²) >= 11 is 0. The highest BCUT2D eigenvalue weighted by Crippen LogP contribution is 2.21. The Morgan fingerprint density at radius 3 is 2.95 bits per heavy atom. The Bertz CT molecular complexity index is 830. The number of nitriles is 1. The number of nitrogens with one attached hydrogen (secondary N) is 1. The van der Waals surface area contributed by atoms with Gasteiger partial charge < -0.3 is 15.2 Å². The van der Waals surface area contributed by atoms with E-state index in [1.807, 2.05) is 36.5 Å². The smallest absolute Gasteiger partial charge is 0.186 e. The van der Waals surface area contributed by atoms with Crippen LogP contribution in [0.1, 0.15) is 17.0 Å². The summed E-state index contributed by atoms with van der Waals surface area (Å²) in [5.41, 5.74) is 2.90. The molecule has 1 unspecified atom stereocenters. The average molecular weight is 297 g/mol. The molecular weight excluding hydrogens is 282 g/mol. The molecule has 0 fully saturated rings. The van der Waals surface area contributed by atoms with E-state index in [0.717, 1.165) is 16.5 Å². The van der Waals surface area contributed by atoms with Crippen molar-refractivity contribution in [3.8, 4) is 6.07 Å². The van der Waals surface area contributed by atoms with Gasteiger partial charge in [-0.1, -0.05) is 23.4 Å². The van der Waals surface area contributed by atoms with Crippen LogP contribution in [0.15, 0.2) is 30.5 Å². The zero-order valence-corrected chi connectivity index (χ0v) is 11.8. The molecule has 0 radical (unpaired) electrons. The van der Waals surface area contributed by atoms with Gasteiger partial charge in [-0.3, -0.25) is 0 Å². The molecule has 2 aromatic heterocycles. The topological polar surface area (TPSA) is 111 Å². The Balaban J connectivity index is 1.97. The predicted molar refractivity (Wildman–Crippen MR) is 78.9 cm³/mol. The van der Waals surface area contributed by atoms with E-state index >= 15 is 0 Å². The van der Waals surface area contributed by atoms with Crippen LogP contribution in [0.3, 0.4) is 0 Å². The summed E-state index contributed by atoms with van der Waals surface area (Å²) in [7, 11) is 0. The van der Waals surface area contributed by atoms with Crippen molar-refractivity contribution >= 4 is 10.9 Å². The van der Waals surface area contributed by atoms with Gasteiger partial charge in [-0.15, -0.1) is 5.10 Å². The van der Waals surface area contributed by atoms with E-state index in [9.17, 15) is 10.4 Å². The molecule has 7 nitrogen and oxygen atoms in total. The van der Waals surface area contributed by atoms with Gasteiger partial charge in [0.15, 0.2) is 5.69 Å². The van der Waals surface area contributed by atoms with Crippen LogP contribution in [0.25, 0.3) is 10.9 Å². The lowest BCUT2D eigenvalue weighted by molar-refractivity contribution is 0.0771. The van der Waals surface area contributed by atoms with Crippen molar-refractivity contribution in [1.82, 2.24) is 20.0 Å². The third kappa shape index (κ3) is 2.57. The average Bonchev–Trinajstić information content (AvgIpc) is 3.12. The van der Waals surface area contributed by atoms with Gasteiger partial charge in [-0.2, -0.15) is 5.26 Å². The van der Waals surface area contributed by atoms with Gasteiger partial charge in [-0.25, -0.2) is 4.68 Å². The summed E-state index contributed by atoms with van der Waals surface area (Å²) in [6, 6.07) is 9.91. The van der Waals surface area contributed by atoms with Crippen LogP contribution in [0.4, 0.5) is 0 Å². The second-order valence-electron chi connectivity index (χ2n) is 5.05. The lowest BCUT2D eigenvalue weighted by atomic mass is 10.1. The fourth-order valence-electron chi connectivity index (χ4n) is 2.46. The van der Waals surface area contributed by atoms with Crippen LogP contribution < -0.4 is 0 Å². The highest BCUT2D eigenvalue weighted by molar-refractivity contribution is 5.83. The van der Waals surface area contributed by atoms with E-state index in [1.165, 1.54) is 4.68 Å². The van der Waals surface area contributed by atoms with E-state index in [1.54, 1.807) is 0 Å². The highest BCUT2D eigenvalue weighted by atomic mass is 16.3. The molecule has 1 aromatic carbocycles. The van der Waals surface area contributed by atoms with Crippen molar-refractivity contribution in [3.63, 3.8) is 0 Å². The molecule has 2 heterocycles. The molecule has 22 heavy (non-hydrogen) atoms. The Kier molecular flexibility index (Phi) is 3.87. The summed E-state index contributed by atoms with van der Waals surface area (Å²) in [6.45, 7) is -0.267. The molecule has 1 atom stereocenters. The van der Waals surface area contributed by atoms with E-state index in [4.69, 9.17) is 5.11 Å². The number of H-pyrrole nitrogens is 1. The summed E-state index contributed by atoms with van der Waals surface area (Å²) in [6.07, 6.45) is 1.43. The molecule has 0 amide bonds. The number of aromatic amines is 1. The number of aromatic nitrogens is 4. The number of hydrogen-bond donors (Lipinski definition) is 3. The Hall–Kier alpha value is -2.69. The molecule has 0 bridgehead atoms. The molecule has 0 spiro atoms. The largest absolute Gasteiger partial charge is 0.394 e. The maximum atomic E-state index is 9.59. The summed E-state index contributed by atoms with van der Waals surface area (Å²) in [4.78, 5) is 3.19. The van der Waals surface area contributed by atoms with Crippen molar-refractivity contribution in [2.24, 2.45) is 0 Å². The molecule has 0 aliphatic heterocycles. The van der Waals surface area contributed by atoms with Crippen molar-refractivity contribution in [2.75, 3.05) is 6.61 Å². The molecule has 0 saturated heterocycles. The standard InChI is InChI=1S/C15H15N5O2/c16-6-14-15(20(19-18-14)8-11(22)9-21)5-10-7-17-13-4-2-1-3-12(10)13/h1-4,7,11,17,21-22H,5,8-9H2. The fraction of sp³-hybridized carbons (Fsp3) is 0.267. The molecule has 0 aliphatic carbocycles. The molecule has 3 N–H and O–H groups in total. The number of nitrogens with zero attached hydrogens (tertiary/aromatic N) is 4. The molecular formula is C15H15N5O2. The van der Waals surface area contributed by atoms with E-state index < -0.39 is 6.10 Å². The first-order chi connectivity index (χ1) is 10.7. The molecule has 0 saturated carbocycles. The molecule has 7 heteroatoms. The molecule has 112 valence electrons. The second-order valence-corrected chi connectivity index (χ2v) is 5.05. The first-order valence-electron chi connectivity index (χ1n) is 6.89. The maximum Gasteiger partial charge on any atom is 0.186 e. The highest BCUT2D eigenvalue weighted by Gasteiger charge is 2.17. The Morgan fingerprint density at radius 2 is 2.18 bits per heavy atom. The number of aliphatic hydroxyl groups excluding tert-OH is 2. The van der Waals surface area contributed by atoms with Gasteiger partial charge in [0.05, 0.1) is 24.9 Å². The van der Waals surface area contributed by atoms with Gasteiger partial charge in [0.1, 0.15) is 6.07 Å². The Morgan fingerprint density at radius 1 is 1.36 bits per heavy atom. The number of fused-ring (bicyclic) bond motifs is 1. The summed E-state index contributed by atoms with van der Waals surface area (Å²) in [5.74, 6) is 0. The number of aliphatic hydroxyl groups is 2. The minimum atomic E-state index is -0.935. The van der Waals surface area contributed by atoms with Crippen LogP contribution in [0.2, 0.25) is 0 Å². The van der Waals surface area contributed by atoms with Gasteiger partial charge in [0.25, 0.3) is 0 Å². The lowest BCUT2D eigenvalue weighted by Gasteiger charge is -2.09. The number of benzene rings is 1. The first kappa shape index (κ1) is 14.3. The van der Waals surface area contributed by atoms with Crippen LogP contribution >= 0.6 is 0 Å². The van der Waals surface area contributed by atoms with Gasteiger partial charge in [0, 0.05) is 23.5 Å². The van der Waals surface area contributed by atoms with E-state index in [-0.39, 0.29) is 18.8 Å². The summed E-state index contributed by atoms with van der Waals surface area (Å²) < 4.78 is 1.47. The zero-order chi connectivity index (χ0) is 15.5. The quantitative estimate of drug-likeness (QED) is 0.638. The van der Waals surface area contributed by atoms with Gasteiger partial charge in [0.2, 0.25) is 0 Å². The van der Waals surface area contributed by atoms with Crippen LogP contribution in [0, 0.1) is 11.3 Å². The second kappa shape index (κ2) is 5.97. The predicted octanol–water partition coefficient (Wildman–Crippen LogP) is 0.575. The van der Waals surface area contributed by atoms with Crippen LogP contribution in [-0.2, 0) is 13.0 Å². The van der Waals surface area contributed by atoms with Crippen molar-refractivity contribution in [3.05, 3.63) is 47.4 Å². The van der Waals surface area contributed by atoms with Gasteiger partial charge >= 0.3 is 0 Å². The van der Waals surface area contributed by atoms with Crippen LogP contribution in [-0.4, -0.2) is 42.9 Å². The number of hydrogen-bond acceptors (Lipinski definition) is 5. The first-order valence-corrected chi connectivity index (χ1v) is 6.89. The van der Waals surface area contributed by atoms with Crippen LogP contribution in [0.5, 0.6) is 0 Å². The molecule has 3 aromatic rings. The lowest BCUT2D eigenvalue weighted by Crippen LogP contribution is -2.22. The zero-order valence-electron chi connectivity index (χ0n) is 11.8. The minimum absolute atomic E-state index is 0.100. The molecule has 3 rings (SSSR count). The number of rotatable bonds is 5. The third-order valence-electron chi connectivity index (χ3n) is 3.57. The monoisotopic (exact) mass is 297 g/mol. The third-order valence-corrected chi connectivity index (χ3v) is 3.57. The SMILES string of the molecule is N#Cc1nnn(CC(O)CO)c1Cc1c[nH]c2ccccc12. The van der Waals surface area contributed by atoms with Crippen molar-refractivity contribution in [1.29, 1.82) is 5.26 Å². The van der Waals surface area contributed by atoms with Crippen molar-refractivity contribution in [2.45, 2.75) is 19.1 Å².